The van der Waals surface area contributed by atoms with Crippen LogP contribution in [-0.2, 0) is 9.47 Å². The van der Waals surface area contributed by atoms with Crippen molar-refractivity contribution < 1.29 is 23.9 Å². The maximum atomic E-state index is 12.4. The normalized spacial score (nSPS) is 17.9. The maximum Gasteiger partial charge on any atom is 0.407 e. The Hall–Kier alpha value is -11.0. The van der Waals surface area contributed by atoms with E-state index in [9.17, 15) is 19.6 Å². The largest absolute Gasteiger partial charge is 0.444 e. The molecule has 0 radical (unpaired) electrons. The molecule has 3 heterocycles. The van der Waals surface area contributed by atoms with Crippen molar-refractivity contribution in [3.8, 4) is 29.2 Å². The molecule has 0 saturated heterocycles. The number of primary amides is 1. The van der Waals surface area contributed by atoms with Crippen LogP contribution in [0.2, 0.25) is 0 Å². The number of rotatable bonds is 16. The van der Waals surface area contributed by atoms with Gasteiger partial charge in [-0.1, -0.05) is 56.7 Å². The first-order valence-corrected chi connectivity index (χ1v) is 34.3. The van der Waals surface area contributed by atoms with Gasteiger partial charge in [0.05, 0.1) is 94.4 Å². The Kier molecular flexibility index (Phi) is 25.6. The molecular formula is C73H88BrN21O5. The lowest BCUT2D eigenvalue weighted by atomic mass is 9.90. The molecule has 12 rings (SSSR count). The molecule has 0 bridgehead atoms. The highest BCUT2D eigenvalue weighted by Crippen LogP contribution is 2.32. The summed E-state index contributed by atoms with van der Waals surface area (Å²) < 4.78 is 11.6. The quantitative estimate of drug-likeness (QED) is 0.0402. The molecule has 3 aromatic heterocycles. The Morgan fingerprint density at radius 2 is 0.870 bits per heavy atom. The average Bonchev–Trinajstić information content (AvgIpc) is 1.11. The Morgan fingerprint density at radius 1 is 0.480 bits per heavy atom. The molecule has 3 fully saturated rings. The van der Waals surface area contributed by atoms with Crippen molar-refractivity contribution in [1.82, 2.24) is 55.6 Å². The smallest absolute Gasteiger partial charge is 0.407 e. The summed E-state index contributed by atoms with van der Waals surface area (Å²) in [5.41, 5.74) is 26.8. The number of carbonyl (C=O) groups excluding carboxylic acids is 3. The standard InChI is InChI=1S/C26H31N7O2.C21H25N7O.C18H24BrN3O2.C8H8N4/c1-26(2,3)35-25(34)32-23-10-5-4-9-22(23)30-20-12-11-18(17-27)24(16-20)31-19-7-6-8-21(15-19)33-28-13-14-29-33;22-18-6-1-2-7-19(18)26-15-8-9-17(21(23)29)20(13-15)27-14-4-3-5-16(12-14)28-24-10-11-25-28;1-18(2,3)24-17(23)22-16-7-5-4-6-15(16)21-13-9-8-12(11-20)14(19)10-13;9-7-2-1-3-8(6-7)12-10-4-5-11-12/h6-8,11-16,22-23,30-31H,4-5,9-10H2,1-3H3,(H,32,34);3-5,8-13,18-19,26-27H,1-2,6-7,22H2,(H2,23,29);8-10,15-16,21H,4-7H2,1-3H3,(H,22,23);1-6H,9H2/t22-,23+;18-,19+;15-,16+;/m101./s1. The third kappa shape index (κ3) is 22.2. The van der Waals surface area contributed by atoms with Gasteiger partial charge in [0, 0.05) is 62.8 Å². The second kappa shape index (κ2) is 35.0. The van der Waals surface area contributed by atoms with Crippen LogP contribution in [0.1, 0.15) is 140 Å². The third-order valence-corrected chi connectivity index (χ3v) is 17.1. The number of anilines is 8. The SMILES string of the molecule is CC(C)(C)OC(=O)N[C@H]1CCCC[C@H]1Nc1ccc(C#N)c(Br)c1.CC(C)(C)OC(=O)N[C@H]1CCCC[C@H]1Nc1ccc(C#N)c(Nc2cccc(-n3nccn3)c2)c1.NC(=O)c1ccc(N[C@@H]2CCCC[C@@H]2N)cc1Nc1cccc(-n2nccn2)c1.Nc1cccc(-n2nccn2)c1. The van der Waals surface area contributed by atoms with Gasteiger partial charge in [-0.2, -0.15) is 55.5 Å². The number of hydrogen-bond donors (Lipinski definition) is 10. The van der Waals surface area contributed by atoms with Gasteiger partial charge in [0.1, 0.15) is 23.3 Å². The van der Waals surface area contributed by atoms with E-state index < -0.39 is 23.2 Å². The monoisotopic (exact) mass is 1420 g/mol. The first-order valence-electron chi connectivity index (χ1n) is 33.5. The molecule has 3 amide bonds. The molecule has 3 aliphatic carbocycles. The highest BCUT2D eigenvalue weighted by Gasteiger charge is 2.31. The number of alkyl carbamates (subject to hydrolysis) is 2. The maximum absolute atomic E-state index is 12.4. The second-order valence-electron chi connectivity index (χ2n) is 26.5. The van der Waals surface area contributed by atoms with Crippen LogP contribution < -0.4 is 54.4 Å². The number of nitrogen functional groups attached to an aromatic ring is 1. The van der Waals surface area contributed by atoms with Crippen LogP contribution in [0, 0.1) is 22.7 Å². The summed E-state index contributed by atoms with van der Waals surface area (Å²) in [6, 6.07) is 44.3. The average molecular weight is 1420 g/mol. The van der Waals surface area contributed by atoms with Gasteiger partial charge < -0.3 is 63.9 Å². The van der Waals surface area contributed by atoms with Crippen LogP contribution in [-0.4, -0.2) is 111 Å². The number of benzene rings is 6. The predicted octanol–water partition coefficient (Wildman–Crippen LogP) is 13.3. The summed E-state index contributed by atoms with van der Waals surface area (Å²) in [7, 11) is 0. The van der Waals surface area contributed by atoms with Gasteiger partial charge in [-0.3, -0.25) is 4.79 Å². The third-order valence-electron chi connectivity index (χ3n) is 16.4. The van der Waals surface area contributed by atoms with E-state index in [1.807, 2.05) is 151 Å². The molecule has 26 nitrogen and oxygen atoms in total. The molecule has 3 aliphatic rings. The van der Waals surface area contributed by atoms with Crippen molar-refractivity contribution in [3.05, 3.63) is 186 Å². The number of nitrogens with zero attached hydrogens (tertiary/aromatic N) is 11. The van der Waals surface area contributed by atoms with E-state index in [2.05, 4.69) is 95.9 Å². The molecule has 13 N–H and O–H groups in total. The number of ether oxygens (including phenoxy) is 2. The van der Waals surface area contributed by atoms with Crippen LogP contribution in [0.5, 0.6) is 0 Å². The van der Waals surface area contributed by atoms with Gasteiger partial charge in [-0.25, -0.2) is 9.59 Å². The van der Waals surface area contributed by atoms with Gasteiger partial charge in [-0.05, 0) is 205 Å². The molecule has 100 heavy (non-hydrogen) atoms. The molecule has 9 aromatic rings. The van der Waals surface area contributed by atoms with Crippen molar-refractivity contribution >= 4 is 79.5 Å². The zero-order valence-corrected chi connectivity index (χ0v) is 58.7. The van der Waals surface area contributed by atoms with Crippen LogP contribution in [0.4, 0.5) is 55.1 Å². The number of nitrogens with two attached hydrogens (primary N) is 3. The Balaban J connectivity index is 0.000000163. The summed E-state index contributed by atoms with van der Waals surface area (Å²) >= 11 is 3.41. The molecule has 6 aromatic carbocycles. The summed E-state index contributed by atoms with van der Waals surface area (Å²) in [5, 5.41) is 66.5. The van der Waals surface area contributed by atoms with Crippen molar-refractivity contribution in [2.24, 2.45) is 11.5 Å². The summed E-state index contributed by atoms with van der Waals surface area (Å²) in [6.45, 7) is 11.1. The first kappa shape index (κ1) is 73.2. The van der Waals surface area contributed by atoms with Crippen molar-refractivity contribution in [2.45, 2.75) is 166 Å². The highest BCUT2D eigenvalue weighted by molar-refractivity contribution is 9.10. The van der Waals surface area contributed by atoms with Crippen molar-refractivity contribution in [1.29, 1.82) is 10.5 Å². The summed E-state index contributed by atoms with van der Waals surface area (Å²) in [6.07, 6.45) is 21.5. The van der Waals surface area contributed by atoms with E-state index in [1.54, 1.807) is 55.4 Å². The number of amides is 3. The van der Waals surface area contributed by atoms with E-state index in [4.69, 9.17) is 31.9 Å². The molecule has 0 unspecified atom stereocenters. The van der Waals surface area contributed by atoms with Gasteiger partial charge in [-0.15, -0.1) is 0 Å². The van der Waals surface area contributed by atoms with Gasteiger partial charge in [0.25, 0.3) is 5.91 Å². The number of carbonyl (C=O) groups is 3. The topological polar surface area (TPSA) is 372 Å². The lowest BCUT2D eigenvalue weighted by Crippen LogP contribution is -2.49. The number of aromatic nitrogens is 9. The fourth-order valence-corrected chi connectivity index (χ4v) is 12.2. The molecule has 0 aliphatic heterocycles. The molecule has 0 spiro atoms. The van der Waals surface area contributed by atoms with E-state index >= 15 is 0 Å². The van der Waals surface area contributed by atoms with E-state index in [0.29, 0.717) is 33.8 Å². The van der Waals surface area contributed by atoms with E-state index in [1.165, 1.54) is 27.2 Å². The Labute approximate surface area is 591 Å². The molecule has 27 heteroatoms. The molecular weight excluding hydrogens is 1330 g/mol. The van der Waals surface area contributed by atoms with Crippen LogP contribution in [0.25, 0.3) is 17.1 Å². The van der Waals surface area contributed by atoms with E-state index in [-0.39, 0.29) is 42.3 Å². The Bertz CT molecular complexity index is 4220. The lowest BCUT2D eigenvalue weighted by molar-refractivity contribution is 0.0477. The van der Waals surface area contributed by atoms with Gasteiger partial charge in [0.15, 0.2) is 0 Å². The zero-order valence-electron chi connectivity index (χ0n) is 57.1. The van der Waals surface area contributed by atoms with Gasteiger partial charge >= 0.3 is 12.2 Å². The molecule has 6 atom stereocenters. The highest BCUT2D eigenvalue weighted by atomic mass is 79.9. The van der Waals surface area contributed by atoms with Crippen molar-refractivity contribution in [3.63, 3.8) is 0 Å². The molecule has 522 valence electrons. The van der Waals surface area contributed by atoms with Crippen LogP contribution >= 0.6 is 15.9 Å². The Morgan fingerprint density at radius 3 is 1.31 bits per heavy atom. The number of halogens is 1. The summed E-state index contributed by atoms with van der Waals surface area (Å²) in [4.78, 5) is 40.9. The zero-order chi connectivity index (χ0) is 71.2. The summed E-state index contributed by atoms with van der Waals surface area (Å²) in [5.74, 6) is -0.488. The second-order valence-corrected chi connectivity index (χ2v) is 27.3. The van der Waals surface area contributed by atoms with Crippen molar-refractivity contribution in [2.75, 3.05) is 32.3 Å². The minimum Gasteiger partial charge on any atom is -0.444 e. The number of nitriles is 2. The number of hydrogen-bond acceptors (Lipinski definition) is 20. The molecule has 3 saturated carbocycles. The lowest BCUT2D eigenvalue weighted by Gasteiger charge is -2.34. The van der Waals surface area contributed by atoms with Gasteiger partial charge in [0.2, 0.25) is 0 Å². The van der Waals surface area contributed by atoms with Crippen LogP contribution in [0.15, 0.2) is 169 Å². The van der Waals surface area contributed by atoms with E-state index in [0.717, 1.165) is 114 Å². The fourth-order valence-electron chi connectivity index (χ4n) is 11.8. The number of nitrogens with one attached hydrogen (secondary N) is 7. The van der Waals surface area contributed by atoms with Crippen LogP contribution in [0.3, 0.4) is 0 Å². The fraction of sp³-hybridized carbons (Fsp3) is 0.356. The minimum absolute atomic E-state index is 0.0306. The minimum atomic E-state index is -0.542. The first-order chi connectivity index (χ1) is 48.0. The predicted molar refractivity (Wildman–Crippen MR) is 392 cm³/mol.